The molecule has 0 radical (unpaired) electrons. The van der Waals surface area contributed by atoms with E-state index in [4.69, 9.17) is 10.5 Å². The van der Waals surface area contributed by atoms with E-state index in [-0.39, 0.29) is 11.4 Å². The van der Waals surface area contributed by atoms with Crippen molar-refractivity contribution in [1.82, 2.24) is 9.38 Å². The van der Waals surface area contributed by atoms with Crippen LogP contribution in [-0.4, -0.2) is 21.4 Å². The Hall–Kier alpha value is -3.09. The number of hydrogen-bond donors (Lipinski definition) is 1. The van der Waals surface area contributed by atoms with Gasteiger partial charge in [-0.2, -0.15) is 0 Å². The monoisotopic (exact) mass is 298 g/mol. The number of imidazole rings is 1. The number of nitrogens with two attached hydrogens (primary N) is 1. The average Bonchev–Trinajstić information content (AvgIpc) is 2.85. The van der Waals surface area contributed by atoms with E-state index in [1.165, 1.54) is 13.2 Å². The van der Waals surface area contributed by atoms with Gasteiger partial charge in [-0.1, -0.05) is 6.07 Å². The first-order valence-electron chi connectivity index (χ1n) is 6.59. The fraction of sp³-hybridized carbons (Fsp3) is 0.133. The lowest BCUT2D eigenvalue weighted by molar-refractivity contribution is -0.385. The van der Waals surface area contributed by atoms with Crippen molar-refractivity contribution in [2.45, 2.75) is 6.92 Å². The lowest BCUT2D eigenvalue weighted by Crippen LogP contribution is -1.98. The van der Waals surface area contributed by atoms with Crippen molar-refractivity contribution in [3.8, 4) is 17.0 Å². The van der Waals surface area contributed by atoms with Crippen molar-refractivity contribution in [3.63, 3.8) is 0 Å². The highest BCUT2D eigenvalue weighted by Crippen LogP contribution is 2.34. The summed E-state index contributed by atoms with van der Waals surface area (Å²) in [7, 11) is 1.39. The van der Waals surface area contributed by atoms with E-state index in [1.54, 1.807) is 12.1 Å². The fourth-order valence-electron chi connectivity index (χ4n) is 2.47. The van der Waals surface area contributed by atoms with Gasteiger partial charge >= 0.3 is 5.69 Å². The number of aromatic nitrogens is 2. The van der Waals surface area contributed by atoms with E-state index in [2.05, 4.69) is 4.98 Å². The lowest BCUT2D eigenvalue weighted by atomic mass is 10.1. The lowest BCUT2D eigenvalue weighted by Gasteiger charge is -2.04. The second kappa shape index (κ2) is 5.03. The molecule has 2 aromatic heterocycles. The highest BCUT2D eigenvalue weighted by molar-refractivity contribution is 5.77. The summed E-state index contributed by atoms with van der Waals surface area (Å²) < 4.78 is 6.82. The number of rotatable bonds is 3. The van der Waals surface area contributed by atoms with Crippen LogP contribution >= 0.6 is 0 Å². The summed E-state index contributed by atoms with van der Waals surface area (Å²) in [6.45, 7) is 1.92. The van der Waals surface area contributed by atoms with Gasteiger partial charge in [-0.25, -0.2) is 4.98 Å². The van der Waals surface area contributed by atoms with Gasteiger partial charge in [0.05, 0.1) is 12.0 Å². The third kappa shape index (κ3) is 2.03. The molecule has 0 saturated heterocycles. The molecule has 0 aliphatic rings. The van der Waals surface area contributed by atoms with Gasteiger partial charge in [0, 0.05) is 17.3 Å². The Morgan fingerprint density at radius 2 is 2.09 bits per heavy atom. The standard InChI is InChI=1S/C15H14N4O3/c1-9-4-3-5-13-17-14(15(16)18(9)13)10-6-7-12(22-2)11(8-10)19(20)21/h3-8H,16H2,1-2H3. The predicted octanol–water partition coefficient (Wildman–Crippen LogP) is 2.81. The number of hydrogen-bond acceptors (Lipinski definition) is 5. The number of nitro groups is 1. The zero-order valence-corrected chi connectivity index (χ0v) is 12.1. The summed E-state index contributed by atoms with van der Waals surface area (Å²) in [6, 6.07) is 10.3. The third-order valence-corrected chi connectivity index (χ3v) is 3.52. The SMILES string of the molecule is COc1ccc(-c2nc3cccc(C)n3c2N)cc1[N+](=O)[O-]. The van der Waals surface area contributed by atoms with E-state index in [0.29, 0.717) is 22.7 Å². The minimum absolute atomic E-state index is 0.117. The van der Waals surface area contributed by atoms with E-state index in [0.717, 1.165) is 5.69 Å². The van der Waals surface area contributed by atoms with Crippen LogP contribution in [0.25, 0.3) is 16.9 Å². The first kappa shape index (κ1) is 13.9. The van der Waals surface area contributed by atoms with Gasteiger partial charge in [0.25, 0.3) is 0 Å². The van der Waals surface area contributed by atoms with Crippen LogP contribution in [0, 0.1) is 17.0 Å². The number of nitrogen functional groups attached to an aromatic ring is 1. The molecule has 2 N–H and O–H groups in total. The molecule has 0 fully saturated rings. The van der Waals surface area contributed by atoms with Crippen LogP contribution in [0.3, 0.4) is 0 Å². The van der Waals surface area contributed by atoms with E-state index in [9.17, 15) is 10.1 Å². The van der Waals surface area contributed by atoms with Gasteiger partial charge in [0.1, 0.15) is 17.2 Å². The molecule has 0 amide bonds. The molecule has 0 atom stereocenters. The van der Waals surface area contributed by atoms with Crippen LogP contribution in [0.5, 0.6) is 5.75 Å². The first-order valence-corrected chi connectivity index (χ1v) is 6.59. The number of anilines is 1. The van der Waals surface area contributed by atoms with Crippen LogP contribution in [0.1, 0.15) is 5.69 Å². The van der Waals surface area contributed by atoms with Crippen LogP contribution in [-0.2, 0) is 0 Å². The van der Waals surface area contributed by atoms with Crippen molar-refractivity contribution >= 4 is 17.2 Å². The van der Waals surface area contributed by atoms with Crippen LogP contribution in [0.4, 0.5) is 11.5 Å². The smallest absolute Gasteiger partial charge is 0.311 e. The maximum atomic E-state index is 11.1. The second-order valence-electron chi connectivity index (χ2n) is 4.85. The first-order chi connectivity index (χ1) is 10.5. The minimum atomic E-state index is -0.487. The number of aryl methyl sites for hydroxylation is 1. The number of pyridine rings is 1. The molecule has 0 bridgehead atoms. The molecule has 3 rings (SSSR count). The van der Waals surface area contributed by atoms with Crippen LogP contribution in [0.15, 0.2) is 36.4 Å². The van der Waals surface area contributed by atoms with Crippen molar-refractivity contribution in [3.05, 3.63) is 52.2 Å². The van der Waals surface area contributed by atoms with Gasteiger partial charge in [0.15, 0.2) is 5.75 Å². The number of benzene rings is 1. The highest BCUT2D eigenvalue weighted by atomic mass is 16.6. The molecule has 1 aromatic carbocycles. The Bertz CT molecular complexity index is 886. The third-order valence-electron chi connectivity index (χ3n) is 3.52. The Labute approximate surface area is 126 Å². The summed E-state index contributed by atoms with van der Waals surface area (Å²) in [5.41, 5.74) is 8.78. The Balaban J connectivity index is 2.24. The molecule has 112 valence electrons. The van der Waals surface area contributed by atoms with Gasteiger partial charge in [-0.05, 0) is 31.2 Å². The molecular weight excluding hydrogens is 284 g/mol. The zero-order chi connectivity index (χ0) is 15.9. The zero-order valence-electron chi connectivity index (χ0n) is 12.1. The van der Waals surface area contributed by atoms with Crippen molar-refractivity contribution in [2.24, 2.45) is 0 Å². The Kier molecular flexibility index (Phi) is 3.17. The highest BCUT2D eigenvalue weighted by Gasteiger charge is 2.19. The van der Waals surface area contributed by atoms with Gasteiger partial charge in [-0.15, -0.1) is 0 Å². The quantitative estimate of drug-likeness (QED) is 0.592. The van der Waals surface area contributed by atoms with E-state index >= 15 is 0 Å². The summed E-state index contributed by atoms with van der Waals surface area (Å²) in [5.74, 6) is 0.653. The van der Waals surface area contributed by atoms with Gasteiger partial charge < -0.3 is 10.5 Å². The van der Waals surface area contributed by atoms with Crippen LogP contribution < -0.4 is 10.5 Å². The Morgan fingerprint density at radius 3 is 2.73 bits per heavy atom. The van der Waals surface area contributed by atoms with Crippen molar-refractivity contribution in [2.75, 3.05) is 12.8 Å². The van der Waals surface area contributed by atoms with Crippen molar-refractivity contribution < 1.29 is 9.66 Å². The molecule has 7 heteroatoms. The predicted molar refractivity (Wildman–Crippen MR) is 83.0 cm³/mol. The number of methoxy groups -OCH3 is 1. The molecule has 0 saturated carbocycles. The minimum Gasteiger partial charge on any atom is -0.490 e. The molecule has 0 unspecified atom stereocenters. The summed E-state index contributed by atoms with van der Waals surface area (Å²) in [4.78, 5) is 15.1. The second-order valence-corrected chi connectivity index (χ2v) is 4.85. The van der Waals surface area contributed by atoms with Gasteiger partial charge in [0.2, 0.25) is 0 Å². The molecule has 0 spiro atoms. The Morgan fingerprint density at radius 1 is 1.32 bits per heavy atom. The fourth-order valence-corrected chi connectivity index (χ4v) is 2.47. The largest absolute Gasteiger partial charge is 0.490 e. The maximum absolute atomic E-state index is 11.1. The molecular formula is C15H14N4O3. The maximum Gasteiger partial charge on any atom is 0.311 e. The van der Waals surface area contributed by atoms with Crippen molar-refractivity contribution in [1.29, 1.82) is 0 Å². The molecule has 0 aliphatic heterocycles. The van der Waals surface area contributed by atoms with Crippen LogP contribution in [0.2, 0.25) is 0 Å². The summed E-state index contributed by atoms with van der Waals surface area (Å²) >= 11 is 0. The summed E-state index contributed by atoms with van der Waals surface area (Å²) in [6.07, 6.45) is 0. The molecule has 22 heavy (non-hydrogen) atoms. The molecule has 7 nitrogen and oxygen atoms in total. The summed E-state index contributed by atoms with van der Waals surface area (Å²) in [5, 5.41) is 11.1. The topological polar surface area (TPSA) is 95.7 Å². The van der Waals surface area contributed by atoms with E-state index in [1.807, 2.05) is 29.5 Å². The molecule has 2 heterocycles. The number of nitrogens with zero attached hydrogens (tertiary/aromatic N) is 3. The average molecular weight is 298 g/mol. The number of ether oxygens (including phenoxy) is 1. The normalized spacial score (nSPS) is 10.8. The number of nitro benzene ring substituents is 1. The molecule has 3 aromatic rings. The van der Waals surface area contributed by atoms with E-state index < -0.39 is 4.92 Å². The number of fused-ring (bicyclic) bond motifs is 1. The van der Waals surface area contributed by atoms with Gasteiger partial charge in [-0.3, -0.25) is 14.5 Å². The molecule has 0 aliphatic carbocycles.